The van der Waals surface area contributed by atoms with E-state index in [2.05, 4.69) is 4.98 Å². The number of fused-ring (bicyclic) bond motifs is 1. The summed E-state index contributed by atoms with van der Waals surface area (Å²) in [4.78, 5) is 14.3. The lowest BCUT2D eigenvalue weighted by atomic mass is 10.3. The average molecular weight is 275 g/mol. The van der Waals surface area contributed by atoms with Crippen molar-refractivity contribution >= 4 is 30.8 Å². The van der Waals surface area contributed by atoms with E-state index in [-0.39, 0.29) is 11.4 Å². The summed E-state index contributed by atoms with van der Waals surface area (Å²) in [5.74, 6) is -0.138. The molecule has 0 aliphatic carbocycles. The Hall–Kier alpha value is -1.27. The van der Waals surface area contributed by atoms with Crippen LogP contribution in [0.25, 0.3) is 11.0 Å². The van der Waals surface area contributed by atoms with Gasteiger partial charge in [0.2, 0.25) is 9.05 Å². The number of H-pyrrole nitrogens is 1. The van der Waals surface area contributed by atoms with Crippen LogP contribution in [-0.4, -0.2) is 23.7 Å². The third-order valence-electron chi connectivity index (χ3n) is 2.45. The van der Waals surface area contributed by atoms with Crippen LogP contribution < -0.4 is 5.69 Å². The summed E-state index contributed by atoms with van der Waals surface area (Å²) in [5, 5.41) is 0. The molecule has 1 heterocycles. The molecule has 0 bridgehead atoms. The lowest BCUT2D eigenvalue weighted by Gasteiger charge is -2.01. The summed E-state index contributed by atoms with van der Waals surface area (Å²) in [5.41, 5.74) is 1.27. The maximum atomic E-state index is 11.6. The molecule has 7 heteroatoms. The van der Waals surface area contributed by atoms with Gasteiger partial charge in [0.1, 0.15) is 0 Å². The Morgan fingerprint density at radius 2 is 2.00 bits per heavy atom. The second-order valence-corrected chi connectivity index (χ2v) is 6.59. The lowest BCUT2D eigenvalue weighted by Crippen LogP contribution is -2.18. The third kappa shape index (κ3) is 2.89. The largest absolute Gasteiger partial charge is 0.326 e. The Bertz CT molecular complexity index is 687. The fraction of sp³-hybridized carbons (Fsp3) is 0.300. The summed E-state index contributed by atoms with van der Waals surface area (Å²) in [7, 11) is 1.61. The Kier molecular flexibility index (Phi) is 3.26. The van der Waals surface area contributed by atoms with Crippen molar-refractivity contribution in [3.8, 4) is 0 Å². The third-order valence-corrected chi connectivity index (χ3v) is 3.69. The van der Waals surface area contributed by atoms with Gasteiger partial charge in [-0.15, -0.1) is 0 Å². The van der Waals surface area contributed by atoms with Gasteiger partial charge in [-0.05, 0) is 18.6 Å². The molecular formula is C10H11ClN2O3S. The first-order chi connectivity index (χ1) is 7.97. The fourth-order valence-electron chi connectivity index (χ4n) is 1.72. The SMILES string of the molecule is O=c1[nH]c2ccccc2n1CCCS(=O)(=O)Cl. The van der Waals surface area contributed by atoms with Gasteiger partial charge >= 0.3 is 5.69 Å². The van der Waals surface area contributed by atoms with E-state index >= 15 is 0 Å². The standard InChI is InChI=1S/C10H11ClN2O3S/c11-17(15,16)7-3-6-13-9-5-2-1-4-8(9)12-10(13)14/h1-2,4-5H,3,6-7H2,(H,12,14). The van der Waals surface area contributed by atoms with Gasteiger partial charge in [-0.3, -0.25) is 4.57 Å². The van der Waals surface area contributed by atoms with E-state index < -0.39 is 9.05 Å². The first-order valence-electron chi connectivity index (χ1n) is 5.07. The number of aryl methyl sites for hydroxylation is 1. The average Bonchev–Trinajstić information content (AvgIpc) is 2.54. The van der Waals surface area contributed by atoms with Crippen LogP contribution in [0.1, 0.15) is 6.42 Å². The molecule has 0 saturated heterocycles. The number of imidazole rings is 1. The summed E-state index contributed by atoms with van der Waals surface area (Å²) in [6.45, 7) is 0.328. The van der Waals surface area contributed by atoms with Crippen LogP contribution >= 0.6 is 10.7 Å². The summed E-state index contributed by atoms with van der Waals surface area (Å²) in [6, 6.07) is 7.25. The predicted molar refractivity (Wildman–Crippen MR) is 66.8 cm³/mol. The van der Waals surface area contributed by atoms with Gasteiger partial charge in [-0.1, -0.05) is 12.1 Å². The maximum Gasteiger partial charge on any atom is 0.326 e. The van der Waals surface area contributed by atoms with Gasteiger partial charge in [0.05, 0.1) is 16.8 Å². The molecule has 0 spiro atoms. The van der Waals surface area contributed by atoms with Crippen molar-refractivity contribution in [3.05, 3.63) is 34.7 Å². The molecule has 0 aliphatic heterocycles. The molecule has 0 radical (unpaired) electrons. The zero-order valence-electron chi connectivity index (χ0n) is 8.89. The monoisotopic (exact) mass is 274 g/mol. The highest BCUT2D eigenvalue weighted by atomic mass is 35.7. The van der Waals surface area contributed by atoms with Crippen molar-refractivity contribution in [2.75, 3.05) is 5.75 Å². The highest BCUT2D eigenvalue weighted by Gasteiger charge is 2.08. The van der Waals surface area contributed by atoms with Gasteiger partial charge in [-0.2, -0.15) is 0 Å². The predicted octanol–water partition coefficient (Wildman–Crippen LogP) is 1.29. The number of hydrogen-bond donors (Lipinski definition) is 1. The lowest BCUT2D eigenvalue weighted by molar-refractivity contribution is 0.599. The van der Waals surface area contributed by atoms with Crippen molar-refractivity contribution in [2.24, 2.45) is 0 Å². The molecular weight excluding hydrogens is 264 g/mol. The molecule has 0 aliphatic rings. The second-order valence-electron chi connectivity index (χ2n) is 3.70. The molecule has 0 atom stereocenters. The molecule has 2 aromatic rings. The summed E-state index contributed by atoms with van der Waals surface area (Å²) >= 11 is 0. The van der Waals surface area contributed by atoms with Crippen LogP contribution in [0.5, 0.6) is 0 Å². The molecule has 2 rings (SSSR count). The Morgan fingerprint density at radius 1 is 1.29 bits per heavy atom. The first kappa shape index (κ1) is 12.2. The van der Waals surface area contributed by atoms with Crippen LogP contribution in [-0.2, 0) is 15.6 Å². The number of halogens is 1. The molecule has 1 aromatic heterocycles. The van der Waals surface area contributed by atoms with Gasteiger partial charge < -0.3 is 4.98 Å². The number of rotatable bonds is 4. The quantitative estimate of drug-likeness (QED) is 0.854. The van der Waals surface area contributed by atoms with Crippen LogP contribution in [0.2, 0.25) is 0 Å². The first-order valence-corrected chi connectivity index (χ1v) is 7.55. The number of para-hydroxylation sites is 2. The number of nitrogens with zero attached hydrogens (tertiary/aromatic N) is 1. The number of hydrogen-bond acceptors (Lipinski definition) is 3. The van der Waals surface area contributed by atoms with Crippen LogP contribution in [0.3, 0.4) is 0 Å². The highest BCUT2D eigenvalue weighted by Crippen LogP contribution is 2.10. The Labute approximate surface area is 102 Å². The minimum atomic E-state index is -3.50. The zero-order valence-corrected chi connectivity index (χ0v) is 10.5. The minimum Gasteiger partial charge on any atom is -0.306 e. The number of benzene rings is 1. The van der Waals surface area contributed by atoms with E-state index in [9.17, 15) is 13.2 Å². The Balaban J connectivity index is 2.24. The van der Waals surface area contributed by atoms with Crippen molar-refractivity contribution in [1.29, 1.82) is 0 Å². The van der Waals surface area contributed by atoms with Crippen molar-refractivity contribution in [3.63, 3.8) is 0 Å². The second kappa shape index (κ2) is 4.54. The molecule has 5 nitrogen and oxygen atoms in total. The maximum absolute atomic E-state index is 11.6. The molecule has 0 amide bonds. The molecule has 92 valence electrons. The van der Waals surface area contributed by atoms with Crippen LogP contribution in [0, 0.1) is 0 Å². The van der Waals surface area contributed by atoms with E-state index in [1.165, 1.54) is 4.57 Å². The number of aromatic nitrogens is 2. The van der Waals surface area contributed by atoms with Crippen LogP contribution in [0.4, 0.5) is 0 Å². The highest BCUT2D eigenvalue weighted by molar-refractivity contribution is 8.13. The van der Waals surface area contributed by atoms with Gasteiger partial charge in [0, 0.05) is 17.2 Å². The molecule has 0 fully saturated rings. The van der Waals surface area contributed by atoms with E-state index in [1.54, 1.807) is 6.07 Å². The van der Waals surface area contributed by atoms with E-state index in [4.69, 9.17) is 10.7 Å². The Morgan fingerprint density at radius 3 is 2.71 bits per heavy atom. The van der Waals surface area contributed by atoms with E-state index in [1.807, 2.05) is 18.2 Å². The van der Waals surface area contributed by atoms with Gasteiger partial charge in [0.25, 0.3) is 0 Å². The summed E-state index contributed by atoms with van der Waals surface area (Å²) < 4.78 is 23.1. The number of nitrogens with one attached hydrogen (secondary N) is 1. The van der Waals surface area contributed by atoms with E-state index in [0.717, 1.165) is 11.0 Å². The van der Waals surface area contributed by atoms with Crippen LogP contribution in [0.15, 0.2) is 29.1 Å². The molecule has 17 heavy (non-hydrogen) atoms. The van der Waals surface area contributed by atoms with Crippen molar-refractivity contribution < 1.29 is 8.42 Å². The number of aromatic amines is 1. The minimum absolute atomic E-state index is 0.138. The zero-order chi connectivity index (χ0) is 12.5. The molecule has 1 aromatic carbocycles. The van der Waals surface area contributed by atoms with E-state index in [0.29, 0.717) is 13.0 Å². The normalized spacial score (nSPS) is 12.1. The van der Waals surface area contributed by atoms with Gasteiger partial charge in [-0.25, -0.2) is 13.2 Å². The molecule has 0 unspecified atom stereocenters. The fourth-order valence-corrected chi connectivity index (χ4v) is 2.53. The van der Waals surface area contributed by atoms with Crippen molar-refractivity contribution in [1.82, 2.24) is 9.55 Å². The summed E-state index contributed by atoms with van der Waals surface area (Å²) in [6.07, 6.45) is 0.313. The molecule has 0 saturated carbocycles. The smallest absolute Gasteiger partial charge is 0.306 e. The topological polar surface area (TPSA) is 71.9 Å². The van der Waals surface area contributed by atoms with Gasteiger partial charge in [0.15, 0.2) is 0 Å². The molecule has 1 N–H and O–H groups in total. The van der Waals surface area contributed by atoms with Crippen molar-refractivity contribution in [2.45, 2.75) is 13.0 Å².